The van der Waals surface area contributed by atoms with Crippen LogP contribution in [-0.4, -0.2) is 31.0 Å². The molecule has 6 heteroatoms. The second-order valence-corrected chi connectivity index (χ2v) is 7.61. The number of likely N-dealkylation sites (N-methyl/N-ethyl adjacent to an activating group) is 1. The van der Waals surface area contributed by atoms with Crippen LogP contribution in [0.3, 0.4) is 0 Å². The molecule has 2 aromatic carbocycles. The lowest BCUT2D eigenvalue weighted by molar-refractivity contribution is -0.117. The summed E-state index contributed by atoms with van der Waals surface area (Å²) in [6.07, 6.45) is 0. The van der Waals surface area contributed by atoms with E-state index >= 15 is 0 Å². The van der Waals surface area contributed by atoms with E-state index in [-0.39, 0.29) is 5.91 Å². The Morgan fingerprint density at radius 3 is 2.75 bits per heavy atom. The highest BCUT2D eigenvalue weighted by Gasteiger charge is 2.16. The van der Waals surface area contributed by atoms with Crippen molar-refractivity contribution in [2.75, 3.05) is 25.5 Å². The molecule has 2 heterocycles. The summed E-state index contributed by atoms with van der Waals surface area (Å²) in [6, 6.07) is 15.7. The number of hydrogen-bond acceptors (Lipinski definition) is 5. The molecule has 1 amide bonds. The second-order valence-electron chi connectivity index (χ2n) is 6.58. The van der Waals surface area contributed by atoms with Crippen molar-refractivity contribution in [2.45, 2.75) is 13.5 Å². The first-order chi connectivity index (χ1) is 13.7. The van der Waals surface area contributed by atoms with Gasteiger partial charge in [0.25, 0.3) is 0 Å². The van der Waals surface area contributed by atoms with Gasteiger partial charge in [-0.05, 0) is 30.1 Å². The molecule has 0 aliphatic heterocycles. The van der Waals surface area contributed by atoms with Crippen LogP contribution in [0.1, 0.15) is 11.8 Å². The quantitative estimate of drug-likeness (QED) is 0.473. The van der Waals surface area contributed by atoms with Crippen LogP contribution in [0.5, 0.6) is 5.75 Å². The van der Waals surface area contributed by atoms with E-state index in [2.05, 4.69) is 28.6 Å². The van der Waals surface area contributed by atoms with Gasteiger partial charge in [-0.15, -0.1) is 11.3 Å². The van der Waals surface area contributed by atoms with Crippen LogP contribution in [0.4, 0.5) is 5.69 Å². The van der Waals surface area contributed by atoms with Gasteiger partial charge >= 0.3 is 0 Å². The topological polar surface area (TPSA) is 54.7 Å². The first kappa shape index (κ1) is 18.5. The predicted molar refractivity (Wildman–Crippen MR) is 114 cm³/mol. The van der Waals surface area contributed by atoms with Crippen molar-refractivity contribution in [2.24, 2.45) is 0 Å². The lowest BCUT2D eigenvalue weighted by Gasteiger charge is -2.19. The molecule has 0 bridgehead atoms. The summed E-state index contributed by atoms with van der Waals surface area (Å²) in [4.78, 5) is 16.0. The zero-order valence-electron chi connectivity index (χ0n) is 15.9. The van der Waals surface area contributed by atoms with Crippen LogP contribution >= 0.6 is 11.3 Å². The number of fused-ring (bicyclic) bond motifs is 3. The molecule has 1 N–H and O–H groups in total. The molecule has 2 aromatic heterocycles. The average molecular weight is 394 g/mol. The van der Waals surface area contributed by atoms with E-state index in [1.807, 2.05) is 42.5 Å². The molecule has 0 saturated carbocycles. The van der Waals surface area contributed by atoms with Crippen LogP contribution < -0.4 is 10.1 Å². The number of ether oxygens (including phenoxy) is 1. The van der Waals surface area contributed by atoms with Crippen LogP contribution in [-0.2, 0) is 11.3 Å². The molecule has 4 aromatic rings. The standard InChI is InChI=1S/C22H22N2O3S/c1-3-24(13-15-7-6-10-28-15)14-22(25)23-18-12-20-17(11-21(18)26-2)16-8-4-5-9-19(16)27-20/h4-12H,3,13-14H2,1-2H3,(H,23,25). The third kappa shape index (κ3) is 3.74. The van der Waals surface area contributed by atoms with Crippen LogP contribution in [0.25, 0.3) is 21.9 Å². The van der Waals surface area contributed by atoms with Gasteiger partial charge in [0.05, 0.1) is 19.3 Å². The van der Waals surface area contributed by atoms with Gasteiger partial charge in [-0.25, -0.2) is 0 Å². The lowest BCUT2D eigenvalue weighted by Crippen LogP contribution is -2.32. The molecule has 5 nitrogen and oxygen atoms in total. The molecule has 0 spiro atoms. The number of rotatable bonds is 7. The molecular weight excluding hydrogens is 372 g/mol. The molecule has 0 fully saturated rings. The molecule has 0 aliphatic rings. The minimum Gasteiger partial charge on any atom is -0.495 e. The summed E-state index contributed by atoms with van der Waals surface area (Å²) in [5, 5.41) is 7.03. The summed E-state index contributed by atoms with van der Waals surface area (Å²) < 4.78 is 11.5. The molecule has 0 unspecified atom stereocenters. The number of anilines is 1. The van der Waals surface area contributed by atoms with E-state index in [1.165, 1.54) is 4.88 Å². The highest BCUT2D eigenvalue weighted by molar-refractivity contribution is 7.09. The minimum absolute atomic E-state index is 0.0767. The van der Waals surface area contributed by atoms with E-state index in [0.717, 1.165) is 35.0 Å². The van der Waals surface area contributed by atoms with Crippen LogP contribution in [0.15, 0.2) is 58.3 Å². The Morgan fingerprint density at radius 1 is 1.14 bits per heavy atom. The van der Waals surface area contributed by atoms with E-state index in [0.29, 0.717) is 18.0 Å². The number of benzene rings is 2. The maximum absolute atomic E-state index is 12.7. The van der Waals surface area contributed by atoms with Gasteiger partial charge < -0.3 is 14.5 Å². The third-order valence-electron chi connectivity index (χ3n) is 4.75. The number of carbonyl (C=O) groups excluding carboxylic acids is 1. The monoisotopic (exact) mass is 394 g/mol. The van der Waals surface area contributed by atoms with Crippen molar-refractivity contribution in [3.05, 3.63) is 58.8 Å². The number of amides is 1. The van der Waals surface area contributed by atoms with Crippen LogP contribution in [0, 0.1) is 0 Å². The zero-order valence-corrected chi connectivity index (χ0v) is 16.7. The lowest BCUT2D eigenvalue weighted by atomic mass is 10.1. The number of nitrogens with one attached hydrogen (secondary N) is 1. The highest BCUT2D eigenvalue weighted by atomic mass is 32.1. The van der Waals surface area contributed by atoms with Crippen molar-refractivity contribution < 1.29 is 13.9 Å². The first-order valence-corrected chi connectivity index (χ1v) is 10.1. The molecule has 0 saturated heterocycles. The summed E-state index contributed by atoms with van der Waals surface area (Å²) >= 11 is 1.70. The van der Waals surface area contributed by atoms with Crippen molar-refractivity contribution in [3.63, 3.8) is 0 Å². The fourth-order valence-electron chi connectivity index (χ4n) is 3.31. The number of thiophene rings is 1. The average Bonchev–Trinajstić information content (AvgIpc) is 3.33. The van der Waals surface area contributed by atoms with E-state index in [9.17, 15) is 4.79 Å². The summed E-state index contributed by atoms with van der Waals surface area (Å²) in [5.74, 6) is 0.542. The summed E-state index contributed by atoms with van der Waals surface area (Å²) in [5.41, 5.74) is 2.16. The van der Waals surface area contributed by atoms with Crippen molar-refractivity contribution >= 4 is 44.9 Å². The van der Waals surface area contributed by atoms with Gasteiger partial charge in [0.2, 0.25) is 5.91 Å². The molecule has 0 radical (unpaired) electrons. The normalized spacial score (nSPS) is 11.4. The second kappa shape index (κ2) is 8.04. The Morgan fingerprint density at radius 2 is 2.00 bits per heavy atom. The largest absolute Gasteiger partial charge is 0.495 e. The predicted octanol–water partition coefficient (Wildman–Crippen LogP) is 5.12. The van der Waals surface area contributed by atoms with Gasteiger partial charge in [0.1, 0.15) is 16.9 Å². The number of carbonyl (C=O) groups is 1. The Hall–Kier alpha value is -2.83. The minimum atomic E-state index is -0.0767. The highest BCUT2D eigenvalue weighted by Crippen LogP contribution is 2.36. The number of para-hydroxylation sites is 1. The Balaban J connectivity index is 1.56. The number of furan rings is 1. The summed E-state index contributed by atoms with van der Waals surface area (Å²) in [6.45, 7) is 3.93. The van der Waals surface area contributed by atoms with Gasteiger partial charge in [0.15, 0.2) is 0 Å². The number of nitrogens with zero attached hydrogens (tertiary/aromatic N) is 1. The van der Waals surface area contributed by atoms with Gasteiger partial charge in [-0.2, -0.15) is 0 Å². The Kier molecular flexibility index (Phi) is 5.32. The van der Waals surface area contributed by atoms with Crippen molar-refractivity contribution in [1.82, 2.24) is 4.90 Å². The molecule has 0 aliphatic carbocycles. The zero-order chi connectivity index (χ0) is 19.5. The van der Waals surface area contributed by atoms with Crippen molar-refractivity contribution in [1.29, 1.82) is 0 Å². The SMILES string of the molecule is CCN(CC(=O)Nc1cc2oc3ccccc3c2cc1OC)Cc1cccs1. The molecular formula is C22H22N2O3S. The van der Waals surface area contributed by atoms with E-state index < -0.39 is 0 Å². The molecule has 4 rings (SSSR count). The third-order valence-corrected chi connectivity index (χ3v) is 5.61. The summed E-state index contributed by atoms with van der Waals surface area (Å²) in [7, 11) is 1.61. The molecule has 28 heavy (non-hydrogen) atoms. The molecule has 144 valence electrons. The maximum atomic E-state index is 12.7. The van der Waals surface area contributed by atoms with Gasteiger partial charge in [-0.3, -0.25) is 9.69 Å². The molecule has 0 atom stereocenters. The van der Waals surface area contributed by atoms with Crippen molar-refractivity contribution in [3.8, 4) is 5.75 Å². The Bertz CT molecular complexity index is 1100. The number of methoxy groups -OCH3 is 1. The number of hydrogen-bond donors (Lipinski definition) is 1. The first-order valence-electron chi connectivity index (χ1n) is 9.21. The maximum Gasteiger partial charge on any atom is 0.238 e. The fraction of sp³-hybridized carbons (Fsp3) is 0.227. The van der Waals surface area contributed by atoms with Gasteiger partial charge in [0, 0.05) is 28.3 Å². The smallest absolute Gasteiger partial charge is 0.238 e. The Labute approximate surface area is 167 Å². The van der Waals surface area contributed by atoms with E-state index in [1.54, 1.807) is 18.4 Å². The van der Waals surface area contributed by atoms with Crippen LogP contribution in [0.2, 0.25) is 0 Å². The fourth-order valence-corrected chi connectivity index (χ4v) is 4.06. The van der Waals surface area contributed by atoms with Gasteiger partial charge in [-0.1, -0.05) is 31.2 Å². The van der Waals surface area contributed by atoms with E-state index in [4.69, 9.17) is 9.15 Å².